The van der Waals surface area contributed by atoms with Gasteiger partial charge in [0.05, 0.1) is 20.1 Å². The summed E-state index contributed by atoms with van der Waals surface area (Å²) >= 11 is 0. The van der Waals surface area contributed by atoms with Gasteiger partial charge in [-0.2, -0.15) is 0 Å². The van der Waals surface area contributed by atoms with Crippen molar-refractivity contribution >= 4 is 17.8 Å². The Labute approximate surface area is 107 Å². The lowest BCUT2D eigenvalue weighted by Gasteiger charge is -2.26. The monoisotopic (exact) mass is 259 g/mol. The number of hydrogen-bond donors (Lipinski definition) is 1. The Morgan fingerprint density at radius 3 is 2.17 bits per heavy atom. The number of ether oxygens (including phenoxy) is 2. The minimum absolute atomic E-state index is 0.0285. The van der Waals surface area contributed by atoms with E-state index in [9.17, 15) is 14.4 Å². The SMILES string of the molecule is CC[C@](C)(NC(=O)C[C@@H](C)C(=O)OC)C(=O)OC. The molecule has 2 atom stereocenters. The van der Waals surface area contributed by atoms with Gasteiger partial charge >= 0.3 is 11.9 Å². The molecular weight excluding hydrogens is 238 g/mol. The van der Waals surface area contributed by atoms with Gasteiger partial charge in [0.2, 0.25) is 5.91 Å². The summed E-state index contributed by atoms with van der Waals surface area (Å²) in [5.41, 5.74) is -1.07. The quantitative estimate of drug-likeness (QED) is 0.708. The highest BCUT2D eigenvalue weighted by molar-refractivity contribution is 5.89. The van der Waals surface area contributed by atoms with E-state index in [1.165, 1.54) is 14.2 Å². The van der Waals surface area contributed by atoms with Crippen LogP contribution in [0.5, 0.6) is 0 Å². The summed E-state index contributed by atoms with van der Waals surface area (Å²) in [6, 6.07) is 0. The van der Waals surface area contributed by atoms with Crippen molar-refractivity contribution in [1.29, 1.82) is 0 Å². The average Bonchev–Trinajstić information content (AvgIpc) is 2.35. The Balaban J connectivity index is 4.54. The second kappa shape index (κ2) is 6.98. The third-order valence-corrected chi connectivity index (χ3v) is 2.85. The molecule has 0 aromatic carbocycles. The lowest BCUT2D eigenvalue weighted by atomic mass is 9.98. The van der Waals surface area contributed by atoms with Gasteiger partial charge in [-0.1, -0.05) is 13.8 Å². The average molecular weight is 259 g/mol. The molecule has 0 heterocycles. The van der Waals surface area contributed by atoms with Crippen molar-refractivity contribution in [3.8, 4) is 0 Å². The first-order valence-corrected chi connectivity index (χ1v) is 5.78. The lowest BCUT2D eigenvalue weighted by Crippen LogP contribution is -2.52. The first-order valence-electron chi connectivity index (χ1n) is 5.78. The van der Waals surface area contributed by atoms with E-state index in [-0.39, 0.29) is 12.3 Å². The van der Waals surface area contributed by atoms with Crippen LogP contribution < -0.4 is 5.32 Å². The summed E-state index contributed by atoms with van der Waals surface area (Å²) in [4.78, 5) is 34.5. The molecule has 0 aliphatic heterocycles. The maximum Gasteiger partial charge on any atom is 0.331 e. The van der Waals surface area contributed by atoms with Crippen LogP contribution in [0.1, 0.15) is 33.6 Å². The maximum atomic E-state index is 11.7. The number of carbonyl (C=O) groups excluding carboxylic acids is 3. The molecule has 0 radical (unpaired) electrons. The van der Waals surface area contributed by atoms with E-state index in [4.69, 9.17) is 0 Å². The van der Waals surface area contributed by atoms with Crippen LogP contribution in [0.15, 0.2) is 0 Å². The molecule has 0 bridgehead atoms. The van der Waals surface area contributed by atoms with Crippen LogP contribution in [-0.2, 0) is 23.9 Å². The number of carbonyl (C=O) groups is 3. The summed E-state index contributed by atoms with van der Waals surface area (Å²) in [5, 5.41) is 2.58. The number of amides is 1. The van der Waals surface area contributed by atoms with Crippen LogP contribution in [0.3, 0.4) is 0 Å². The van der Waals surface area contributed by atoms with Crippen molar-refractivity contribution < 1.29 is 23.9 Å². The number of hydrogen-bond acceptors (Lipinski definition) is 5. The van der Waals surface area contributed by atoms with Crippen LogP contribution in [0.2, 0.25) is 0 Å². The fourth-order valence-corrected chi connectivity index (χ4v) is 1.43. The second-order valence-electron chi connectivity index (χ2n) is 4.35. The fraction of sp³-hybridized carbons (Fsp3) is 0.750. The topological polar surface area (TPSA) is 81.7 Å². The number of methoxy groups -OCH3 is 2. The van der Waals surface area contributed by atoms with Crippen LogP contribution in [0.25, 0.3) is 0 Å². The van der Waals surface area contributed by atoms with Crippen LogP contribution in [-0.4, -0.2) is 37.6 Å². The molecule has 0 aliphatic rings. The predicted molar refractivity (Wildman–Crippen MR) is 64.7 cm³/mol. The largest absolute Gasteiger partial charge is 0.469 e. The molecule has 0 fully saturated rings. The fourth-order valence-electron chi connectivity index (χ4n) is 1.43. The van der Waals surface area contributed by atoms with Crippen molar-refractivity contribution in [3.63, 3.8) is 0 Å². The molecule has 0 aliphatic carbocycles. The zero-order valence-corrected chi connectivity index (χ0v) is 11.5. The highest BCUT2D eigenvalue weighted by Gasteiger charge is 2.34. The summed E-state index contributed by atoms with van der Waals surface area (Å²) in [6.07, 6.45) is 0.372. The Hall–Kier alpha value is -1.59. The Bertz CT molecular complexity index is 328. The second-order valence-corrected chi connectivity index (χ2v) is 4.35. The normalized spacial score (nSPS) is 15.2. The summed E-state index contributed by atoms with van der Waals surface area (Å²) in [7, 11) is 2.53. The van der Waals surface area contributed by atoms with Crippen molar-refractivity contribution in [2.24, 2.45) is 5.92 Å². The van der Waals surface area contributed by atoms with Crippen molar-refractivity contribution in [3.05, 3.63) is 0 Å². The summed E-state index contributed by atoms with van der Waals surface area (Å²) < 4.78 is 9.16. The van der Waals surface area contributed by atoms with Crippen LogP contribution >= 0.6 is 0 Å². The molecule has 1 amide bonds. The lowest BCUT2D eigenvalue weighted by molar-refractivity contribution is -0.151. The van der Waals surface area contributed by atoms with Gasteiger partial charge in [-0.25, -0.2) is 4.79 Å². The van der Waals surface area contributed by atoms with E-state index in [0.717, 1.165) is 0 Å². The number of esters is 2. The van der Waals surface area contributed by atoms with E-state index in [1.807, 2.05) is 0 Å². The molecule has 6 nitrogen and oxygen atoms in total. The van der Waals surface area contributed by atoms with E-state index >= 15 is 0 Å². The third kappa shape index (κ3) is 4.35. The predicted octanol–water partition coefficient (Wildman–Crippen LogP) is 0.643. The van der Waals surface area contributed by atoms with Gasteiger partial charge in [0, 0.05) is 6.42 Å². The molecule has 6 heteroatoms. The maximum absolute atomic E-state index is 11.7. The Morgan fingerprint density at radius 1 is 1.22 bits per heavy atom. The van der Waals surface area contributed by atoms with Gasteiger partial charge < -0.3 is 14.8 Å². The van der Waals surface area contributed by atoms with E-state index < -0.39 is 23.4 Å². The Kier molecular flexibility index (Phi) is 6.36. The van der Waals surface area contributed by atoms with Crippen molar-refractivity contribution in [2.45, 2.75) is 39.2 Å². The van der Waals surface area contributed by atoms with Gasteiger partial charge in [0.1, 0.15) is 5.54 Å². The molecule has 0 rings (SSSR count). The standard InChI is InChI=1S/C12H21NO5/c1-6-12(3,11(16)18-5)13-9(14)7-8(2)10(15)17-4/h8H,6-7H2,1-5H3,(H,13,14)/t8-,12+/m1/s1. The minimum Gasteiger partial charge on any atom is -0.469 e. The van der Waals surface area contributed by atoms with E-state index in [1.54, 1.807) is 20.8 Å². The van der Waals surface area contributed by atoms with Gasteiger partial charge in [-0.05, 0) is 13.3 Å². The first-order chi connectivity index (χ1) is 8.30. The molecule has 1 N–H and O–H groups in total. The molecule has 104 valence electrons. The Morgan fingerprint density at radius 2 is 1.78 bits per heavy atom. The van der Waals surface area contributed by atoms with Crippen LogP contribution in [0.4, 0.5) is 0 Å². The number of nitrogens with one attached hydrogen (secondary N) is 1. The van der Waals surface area contributed by atoms with Gasteiger partial charge in [0.15, 0.2) is 0 Å². The first kappa shape index (κ1) is 16.4. The van der Waals surface area contributed by atoms with Crippen molar-refractivity contribution in [1.82, 2.24) is 5.32 Å². The van der Waals surface area contributed by atoms with E-state index in [0.29, 0.717) is 6.42 Å². The smallest absolute Gasteiger partial charge is 0.331 e. The molecule has 0 aromatic heterocycles. The molecule has 0 unspecified atom stereocenters. The highest BCUT2D eigenvalue weighted by atomic mass is 16.5. The van der Waals surface area contributed by atoms with Gasteiger partial charge in [-0.3, -0.25) is 9.59 Å². The number of rotatable bonds is 6. The molecular formula is C12H21NO5. The van der Waals surface area contributed by atoms with E-state index in [2.05, 4.69) is 14.8 Å². The molecule has 0 spiro atoms. The molecule has 18 heavy (non-hydrogen) atoms. The molecule has 0 saturated carbocycles. The third-order valence-electron chi connectivity index (χ3n) is 2.85. The summed E-state index contributed by atoms with van der Waals surface area (Å²) in [6.45, 7) is 4.94. The zero-order chi connectivity index (χ0) is 14.3. The van der Waals surface area contributed by atoms with Crippen LogP contribution in [0, 0.1) is 5.92 Å². The molecule has 0 saturated heterocycles. The summed E-state index contributed by atoms with van der Waals surface area (Å²) in [5.74, 6) is -1.90. The molecule has 0 aromatic rings. The highest BCUT2D eigenvalue weighted by Crippen LogP contribution is 2.13. The van der Waals surface area contributed by atoms with Crippen molar-refractivity contribution in [2.75, 3.05) is 14.2 Å². The zero-order valence-electron chi connectivity index (χ0n) is 11.5. The van der Waals surface area contributed by atoms with Gasteiger partial charge in [-0.15, -0.1) is 0 Å². The van der Waals surface area contributed by atoms with Gasteiger partial charge in [0.25, 0.3) is 0 Å². The minimum atomic E-state index is -1.07.